The highest BCUT2D eigenvalue weighted by molar-refractivity contribution is 6.02. The van der Waals surface area contributed by atoms with Crippen LogP contribution in [0.4, 0.5) is 5.69 Å². The summed E-state index contributed by atoms with van der Waals surface area (Å²) in [7, 11) is 1.62. The number of hydrogen-bond acceptors (Lipinski definition) is 6. The molecule has 2 aromatic carbocycles. The van der Waals surface area contributed by atoms with Crippen LogP contribution >= 0.6 is 0 Å². The van der Waals surface area contributed by atoms with E-state index < -0.39 is 5.91 Å². The smallest absolute Gasteiger partial charge is 0.262 e. The van der Waals surface area contributed by atoms with Gasteiger partial charge in [-0.15, -0.1) is 0 Å². The number of nitriles is 1. The van der Waals surface area contributed by atoms with Crippen molar-refractivity contribution < 1.29 is 19.0 Å². The van der Waals surface area contributed by atoms with E-state index in [9.17, 15) is 10.1 Å². The molecule has 1 N–H and O–H groups in total. The van der Waals surface area contributed by atoms with Crippen molar-refractivity contribution in [1.82, 2.24) is 5.32 Å². The van der Waals surface area contributed by atoms with Crippen molar-refractivity contribution in [3.05, 3.63) is 47.5 Å². The molecule has 0 spiro atoms. The van der Waals surface area contributed by atoms with Crippen LogP contribution in [0.2, 0.25) is 0 Å². The molecule has 7 nitrogen and oxygen atoms in total. The standard InChI is InChI=1S/C28H37N3O4/c1-3-26-6-4-5-12-31(26)27-10-9-23-18-22(7-8-24(23)20-27)19-25(21-29)28(32)30-11-13-34-16-17-35-15-14-33-2/h7-10,18-20,26H,3-6,11-17H2,1-2H3,(H,30,32)/b25-19+. The molecule has 2 aromatic rings. The highest BCUT2D eigenvalue weighted by Crippen LogP contribution is 2.30. The number of piperidine rings is 1. The molecule has 1 fully saturated rings. The maximum Gasteiger partial charge on any atom is 0.262 e. The zero-order valence-electron chi connectivity index (χ0n) is 20.9. The van der Waals surface area contributed by atoms with Crippen LogP contribution in [0.3, 0.4) is 0 Å². The van der Waals surface area contributed by atoms with Crippen LogP contribution in [0.15, 0.2) is 42.0 Å². The molecule has 1 heterocycles. The lowest BCUT2D eigenvalue weighted by atomic mass is 9.98. The second-order valence-electron chi connectivity index (χ2n) is 8.69. The van der Waals surface area contributed by atoms with Crippen LogP contribution in [0.1, 0.15) is 38.2 Å². The number of nitrogens with zero attached hydrogens (tertiary/aromatic N) is 2. The summed E-state index contributed by atoms with van der Waals surface area (Å²) in [6, 6.07) is 15.2. The van der Waals surface area contributed by atoms with Gasteiger partial charge in [-0.1, -0.05) is 25.1 Å². The predicted molar refractivity (Wildman–Crippen MR) is 139 cm³/mol. The van der Waals surface area contributed by atoms with Gasteiger partial charge in [0, 0.05) is 31.9 Å². The summed E-state index contributed by atoms with van der Waals surface area (Å²) in [5.74, 6) is -0.404. The minimum atomic E-state index is -0.404. The first-order chi connectivity index (χ1) is 17.2. The molecule has 1 aliphatic rings. The number of carbonyl (C=O) groups is 1. The molecule has 1 atom stereocenters. The number of methoxy groups -OCH3 is 1. The summed E-state index contributed by atoms with van der Waals surface area (Å²) < 4.78 is 15.6. The normalized spacial score (nSPS) is 16.3. The van der Waals surface area contributed by atoms with E-state index in [1.165, 1.54) is 24.9 Å². The Morgan fingerprint density at radius 1 is 1.09 bits per heavy atom. The van der Waals surface area contributed by atoms with Gasteiger partial charge < -0.3 is 24.4 Å². The maximum atomic E-state index is 12.4. The minimum Gasteiger partial charge on any atom is -0.382 e. The molecule has 7 heteroatoms. The molecule has 188 valence electrons. The molecular formula is C28H37N3O4. The van der Waals surface area contributed by atoms with Crippen LogP contribution < -0.4 is 10.2 Å². The lowest BCUT2D eigenvalue weighted by molar-refractivity contribution is -0.117. The summed E-state index contributed by atoms with van der Waals surface area (Å²) in [5, 5.41) is 14.5. The lowest BCUT2D eigenvalue weighted by Crippen LogP contribution is -2.39. The van der Waals surface area contributed by atoms with Gasteiger partial charge in [0.05, 0.1) is 33.0 Å². The number of fused-ring (bicyclic) bond motifs is 1. The Morgan fingerprint density at radius 3 is 2.60 bits per heavy atom. The fraction of sp³-hybridized carbons (Fsp3) is 0.500. The zero-order valence-corrected chi connectivity index (χ0v) is 20.9. The maximum absolute atomic E-state index is 12.4. The minimum absolute atomic E-state index is 0.0722. The van der Waals surface area contributed by atoms with E-state index in [1.54, 1.807) is 13.2 Å². The topological polar surface area (TPSA) is 83.8 Å². The monoisotopic (exact) mass is 479 g/mol. The van der Waals surface area contributed by atoms with Crippen molar-refractivity contribution in [2.45, 2.75) is 38.6 Å². The largest absolute Gasteiger partial charge is 0.382 e. The molecular weight excluding hydrogens is 442 g/mol. The third-order valence-electron chi connectivity index (χ3n) is 6.29. The predicted octanol–water partition coefficient (Wildman–Crippen LogP) is 4.31. The van der Waals surface area contributed by atoms with Crippen molar-refractivity contribution in [2.75, 3.05) is 58.1 Å². The van der Waals surface area contributed by atoms with Gasteiger partial charge in [0.1, 0.15) is 11.6 Å². The van der Waals surface area contributed by atoms with Crippen molar-refractivity contribution >= 4 is 28.4 Å². The summed E-state index contributed by atoms with van der Waals surface area (Å²) in [5.41, 5.74) is 2.17. The average Bonchev–Trinajstić information content (AvgIpc) is 2.90. The zero-order chi connectivity index (χ0) is 24.9. The number of rotatable bonds is 13. The van der Waals surface area contributed by atoms with E-state index in [-0.39, 0.29) is 5.57 Å². The van der Waals surface area contributed by atoms with Gasteiger partial charge in [-0.2, -0.15) is 5.26 Å². The fourth-order valence-corrected chi connectivity index (χ4v) is 4.40. The SMILES string of the molecule is CCC1CCCCN1c1ccc2cc(/C=C(\C#N)C(=O)NCCOCCOCCOC)ccc2c1. The molecule has 1 unspecified atom stereocenters. The Kier molecular flexibility index (Phi) is 11.0. The molecule has 0 aromatic heterocycles. The number of nitrogens with one attached hydrogen (secondary N) is 1. The Balaban J connectivity index is 1.55. The highest BCUT2D eigenvalue weighted by atomic mass is 16.5. The first kappa shape index (κ1) is 26.7. The van der Waals surface area contributed by atoms with Crippen molar-refractivity contribution in [3.63, 3.8) is 0 Å². The van der Waals surface area contributed by atoms with Crippen LogP contribution in [0.5, 0.6) is 0 Å². The van der Waals surface area contributed by atoms with E-state index in [1.807, 2.05) is 18.2 Å². The fourth-order valence-electron chi connectivity index (χ4n) is 4.40. The van der Waals surface area contributed by atoms with E-state index >= 15 is 0 Å². The quantitative estimate of drug-likeness (QED) is 0.262. The van der Waals surface area contributed by atoms with E-state index in [0.29, 0.717) is 45.6 Å². The number of amides is 1. The molecule has 1 aliphatic heterocycles. The Hall–Kier alpha value is -2.92. The van der Waals surface area contributed by atoms with Crippen LogP contribution in [0.25, 0.3) is 16.8 Å². The first-order valence-corrected chi connectivity index (χ1v) is 12.5. The van der Waals surface area contributed by atoms with Crippen molar-refractivity contribution in [2.24, 2.45) is 0 Å². The molecule has 0 radical (unpaired) electrons. The second-order valence-corrected chi connectivity index (χ2v) is 8.69. The molecule has 0 bridgehead atoms. The number of carbonyl (C=O) groups excluding carboxylic acids is 1. The van der Waals surface area contributed by atoms with Gasteiger partial charge in [0.2, 0.25) is 0 Å². The molecule has 35 heavy (non-hydrogen) atoms. The van der Waals surface area contributed by atoms with Gasteiger partial charge >= 0.3 is 0 Å². The molecule has 1 amide bonds. The average molecular weight is 480 g/mol. The number of anilines is 1. The molecule has 3 rings (SSSR count). The molecule has 0 saturated carbocycles. The third kappa shape index (κ3) is 8.07. The van der Waals surface area contributed by atoms with Crippen LogP contribution in [0, 0.1) is 11.3 Å². The number of hydrogen-bond donors (Lipinski definition) is 1. The Morgan fingerprint density at radius 2 is 1.83 bits per heavy atom. The summed E-state index contributed by atoms with van der Waals surface area (Å²) in [6.45, 7) is 6.05. The van der Waals surface area contributed by atoms with E-state index in [0.717, 1.165) is 29.3 Å². The van der Waals surface area contributed by atoms with Gasteiger partial charge in [0.15, 0.2) is 0 Å². The third-order valence-corrected chi connectivity index (χ3v) is 6.29. The summed E-state index contributed by atoms with van der Waals surface area (Å²) in [6.07, 6.45) is 6.60. The Labute approximate surface area is 208 Å². The van der Waals surface area contributed by atoms with Crippen molar-refractivity contribution in [1.29, 1.82) is 5.26 Å². The van der Waals surface area contributed by atoms with E-state index in [2.05, 4.69) is 41.4 Å². The number of benzene rings is 2. The van der Waals surface area contributed by atoms with Crippen molar-refractivity contribution in [3.8, 4) is 6.07 Å². The van der Waals surface area contributed by atoms with Gasteiger partial charge in [-0.25, -0.2) is 0 Å². The lowest BCUT2D eigenvalue weighted by Gasteiger charge is -2.37. The van der Waals surface area contributed by atoms with Crippen LogP contribution in [-0.2, 0) is 19.0 Å². The highest BCUT2D eigenvalue weighted by Gasteiger charge is 2.21. The van der Waals surface area contributed by atoms with Crippen LogP contribution in [-0.4, -0.2) is 65.2 Å². The first-order valence-electron chi connectivity index (χ1n) is 12.5. The summed E-state index contributed by atoms with van der Waals surface area (Å²) >= 11 is 0. The molecule has 1 saturated heterocycles. The summed E-state index contributed by atoms with van der Waals surface area (Å²) in [4.78, 5) is 15.0. The van der Waals surface area contributed by atoms with E-state index in [4.69, 9.17) is 14.2 Å². The van der Waals surface area contributed by atoms with Gasteiger partial charge in [0.25, 0.3) is 5.91 Å². The van der Waals surface area contributed by atoms with Gasteiger partial charge in [-0.05, 0) is 66.3 Å². The van der Waals surface area contributed by atoms with Gasteiger partial charge in [-0.3, -0.25) is 4.79 Å². The molecule has 0 aliphatic carbocycles. The number of ether oxygens (including phenoxy) is 3. The Bertz CT molecular complexity index is 1030. The second kappa shape index (κ2) is 14.5.